The number of anilines is 1. The Hall–Kier alpha value is -4.50. The minimum Gasteiger partial charge on any atom is -0.492 e. The molecule has 1 fully saturated rings. The number of aliphatic carboxylic acids is 1. The summed E-state index contributed by atoms with van der Waals surface area (Å²) in [4.78, 5) is 39.1. The van der Waals surface area contributed by atoms with E-state index in [1.807, 2.05) is 0 Å². The second kappa shape index (κ2) is 12.9. The van der Waals surface area contributed by atoms with Crippen molar-refractivity contribution in [2.24, 2.45) is 5.92 Å². The molecule has 0 radical (unpaired) electrons. The number of amides is 1. The first-order chi connectivity index (χ1) is 21.0. The smallest absolute Gasteiger partial charge is 0.492 e. The largest absolute Gasteiger partial charge is 0.573 e. The number of halogens is 7. The van der Waals surface area contributed by atoms with E-state index in [0.29, 0.717) is 29.2 Å². The molecule has 2 N–H and O–H groups in total. The van der Waals surface area contributed by atoms with Crippen LogP contribution < -0.4 is 25.1 Å². The number of carbonyl (C=O) groups excluding carboxylic acids is 1. The number of aryl methyl sites for hydroxylation is 1. The first kappa shape index (κ1) is 33.4. The van der Waals surface area contributed by atoms with Crippen LogP contribution in [0, 0.1) is 18.7 Å². The van der Waals surface area contributed by atoms with Crippen molar-refractivity contribution in [2.75, 3.05) is 25.1 Å². The maximum absolute atomic E-state index is 15.6. The topological polar surface area (TPSA) is 110 Å². The average Bonchev–Trinajstić information content (AvgIpc) is 2.92. The lowest BCUT2D eigenvalue weighted by atomic mass is 9.93. The van der Waals surface area contributed by atoms with Crippen LogP contribution in [0.25, 0.3) is 10.9 Å². The maximum Gasteiger partial charge on any atom is 0.573 e. The monoisotopic (exact) mass is 647 g/mol. The summed E-state index contributed by atoms with van der Waals surface area (Å²) in [5.74, 6) is -4.10. The number of fused-ring (bicyclic) bond motifs is 1. The number of nitrogens with zero attached hydrogens (tertiary/aromatic N) is 2. The highest BCUT2D eigenvalue weighted by Gasteiger charge is 2.34. The number of methoxy groups -OCH3 is 1. The van der Waals surface area contributed by atoms with Crippen LogP contribution in [0.5, 0.6) is 11.5 Å². The molecule has 0 spiro atoms. The van der Waals surface area contributed by atoms with Gasteiger partial charge in [-0.25, -0.2) is 4.39 Å². The summed E-state index contributed by atoms with van der Waals surface area (Å²) in [5, 5.41) is 10.9. The Morgan fingerprint density at radius 2 is 1.76 bits per heavy atom. The molecule has 2 heterocycles. The number of carboxylic acids is 1. The molecule has 0 bridgehead atoms. The Labute approximate surface area is 251 Å². The molecular weight excluding hydrogens is 619 g/mol. The lowest BCUT2D eigenvalue weighted by molar-refractivity contribution is -0.274. The summed E-state index contributed by atoms with van der Waals surface area (Å²) in [6.07, 6.45) is -8.39. The van der Waals surface area contributed by atoms with Crippen molar-refractivity contribution in [3.05, 3.63) is 63.2 Å². The average molecular weight is 648 g/mol. The van der Waals surface area contributed by atoms with Crippen molar-refractivity contribution >= 4 is 28.5 Å². The van der Waals surface area contributed by atoms with Crippen molar-refractivity contribution in [2.45, 2.75) is 51.8 Å². The van der Waals surface area contributed by atoms with Gasteiger partial charge < -0.3 is 29.4 Å². The van der Waals surface area contributed by atoms with Crippen LogP contribution in [0.2, 0.25) is 0 Å². The van der Waals surface area contributed by atoms with Crippen LogP contribution in [-0.2, 0) is 17.9 Å². The van der Waals surface area contributed by atoms with E-state index in [1.165, 1.54) is 17.9 Å². The normalized spacial score (nSPS) is 14.5. The molecule has 1 aliphatic rings. The molecule has 0 aliphatic carbocycles. The van der Waals surface area contributed by atoms with Gasteiger partial charge >= 0.3 is 18.5 Å². The quantitative estimate of drug-likeness (QED) is 0.294. The highest BCUT2D eigenvalue weighted by molar-refractivity contribution is 5.99. The first-order valence-corrected chi connectivity index (χ1v) is 13.6. The number of benzene rings is 2. The number of carbonyl (C=O) groups is 2. The van der Waals surface area contributed by atoms with Crippen LogP contribution in [0.4, 0.5) is 36.4 Å². The van der Waals surface area contributed by atoms with Gasteiger partial charge in [-0.1, -0.05) is 6.07 Å². The molecule has 2 aromatic carbocycles. The Kier molecular flexibility index (Phi) is 9.54. The Morgan fingerprint density at radius 1 is 1.09 bits per heavy atom. The number of pyridine rings is 1. The molecule has 45 heavy (non-hydrogen) atoms. The Bertz CT molecular complexity index is 1660. The zero-order valence-corrected chi connectivity index (χ0v) is 23.9. The number of hydrogen-bond acceptors (Lipinski definition) is 6. The summed E-state index contributed by atoms with van der Waals surface area (Å²) in [6, 6.07) is 4.06. The number of piperidine rings is 1. The van der Waals surface area contributed by atoms with Crippen LogP contribution >= 0.6 is 0 Å². The maximum atomic E-state index is 15.6. The molecule has 1 aromatic heterocycles. The first-order valence-electron chi connectivity index (χ1n) is 13.6. The lowest BCUT2D eigenvalue weighted by Gasteiger charge is -2.34. The second-order valence-electron chi connectivity index (χ2n) is 10.6. The van der Waals surface area contributed by atoms with Gasteiger partial charge in [0.2, 0.25) is 5.43 Å². The van der Waals surface area contributed by atoms with E-state index in [4.69, 9.17) is 9.84 Å². The minimum atomic E-state index is -4.92. The van der Waals surface area contributed by atoms with Crippen LogP contribution in [-0.4, -0.2) is 54.3 Å². The summed E-state index contributed by atoms with van der Waals surface area (Å²) in [7, 11) is 1.10. The van der Waals surface area contributed by atoms with E-state index in [-0.39, 0.29) is 49.0 Å². The zero-order chi connectivity index (χ0) is 33.3. The number of aromatic nitrogens is 1. The molecule has 0 atom stereocenters. The van der Waals surface area contributed by atoms with E-state index in [9.17, 15) is 40.7 Å². The fourth-order valence-corrected chi connectivity index (χ4v) is 5.40. The highest BCUT2D eigenvalue weighted by Crippen LogP contribution is 2.40. The van der Waals surface area contributed by atoms with Crippen molar-refractivity contribution in [3.8, 4) is 11.5 Å². The third-order valence-corrected chi connectivity index (χ3v) is 7.42. The van der Waals surface area contributed by atoms with Gasteiger partial charge in [-0.2, -0.15) is 13.2 Å². The standard InChI is InChI=1S/C29H28F7N3O6/c1-15-9-18(45-29(34,35)36)4-3-17(15)12-37-27(43)20-13-39(14-28(31,32)33)23-19(25(20)42)11-21(30)24(26(23)44-2)38-7-5-16(6-8-38)10-22(40)41/h3-4,9,11,13,16H,5-8,10,12,14H2,1-2H3,(H,37,43)(H,40,41). The van der Waals surface area contributed by atoms with Crippen LogP contribution in [0.15, 0.2) is 35.3 Å². The molecule has 4 rings (SSSR count). The van der Waals surface area contributed by atoms with Gasteiger partial charge in [-0.3, -0.25) is 14.4 Å². The lowest BCUT2D eigenvalue weighted by Crippen LogP contribution is -2.35. The van der Waals surface area contributed by atoms with E-state index >= 15 is 4.39 Å². The summed E-state index contributed by atoms with van der Waals surface area (Å²) < 4.78 is 104. The van der Waals surface area contributed by atoms with Crippen LogP contribution in [0.1, 0.15) is 40.7 Å². The van der Waals surface area contributed by atoms with Gasteiger partial charge in [0.1, 0.15) is 23.5 Å². The fraction of sp³-hybridized carbons (Fsp3) is 0.414. The molecule has 3 aromatic rings. The number of carboxylic acid groups (broad SMARTS) is 1. The van der Waals surface area contributed by atoms with E-state index < -0.39 is 64.4 Å². The number of ether oxygens (including phenoxy) is 2. The number of alkyl halides is 6. The summed E-state index contributed by atoms with van der Waals surface area (Å²) >= 11 is 0. The zero-order valence-electron chi connectivity index (χ0n) is 23.9. The van der Waals surface area contributed by atoms with Gasteiger partial charge in [-0.05, 0) is 55.0 Å². The summed E-state index contributed by atoms with van der Waals surface area (Å²) in [5.41, 5.74) is -1.77. The molecule has 1 aliphatic heterocycles. The van der Waals surface area contributed by atoms with Crippen LogP contribution in [0.3, 0.4) is 0 Å². The van der Waals surface area contributed by atoms with Gasteiger partial charge in [0.25, 0.3) is 5.91 Å². The molecule has 1 saturated heterocycles. The van der Waals surface area contributed by atoms with Gasteiger partial charge in [0, 0.05) is 32.3 Å². The van der Waals surface area contributed by atoms with E-state index in [0.717, 1.165) is 25.3 Å². The second-order valence-corrected chi connectivity index (χ2v) is 10.6. The molecule has 0 saturated carbocycles. The Balaban J connectivity index is 1.71. The van der Waals surface area contributed by atoms with Crippen molar-refractivity contribution < 1.29 is 54.9 Å². The third kappa shape index (κ3) is 7.97. The molecule has 1 amide bonds. The number of hydrogen-bond donors (Lipinski definition) is 2. The molecule has 9 nitrogen and oxygen atoms in total. The fourth-order valence-electron chi connectivity index (χ4n) is 5.40. The molecule has 16 heteroatoms. The number of rotatable bonds is 9. The third-order valence-electron chi connectivity index (χ3n) is 7.42. The number of nitrogens with one attached hydrogen (secondary N) is 1. The van der Waals surface area contributed by atoms with Crippen molar-refractivity contribution in [1.29, 1.82) is 0 Å². The van der Waals surface area contributed by atoms with Gasteiger partial charge in [0.15, 0.2) is 11.6 Å². The minimum absolute atomic E-state index is 0.0848. The van der Waals surface area contributed by atoms with Gasteiger partial charge in [0.05, 0.1) is 18.0 Å². The van der Waals surface area contributed by atoms with Crippen molar-refractivity contribution in [3.63, 3.8) is 0 Å². The van der Waals surface area contributed by atoms with E-state index in [1.54, 1.807) is 0 Å². The predicted molar refractivity (Wildman–Crippen MR) is 147 cm³/mol. The highest BCUT2D eigenvalue weighted by atomic mass is 19.4. The predicted octanol–water partition coefficient (Wildman–Crippen LogP) is 5.54. The SMILES string of the molecule is COc1c(N2CCC(CC(=O)O)CC2)c(F)cc2c(=O)c(C(=O)NCc3ccc(OC(F)(F)F)cc3C)cn(CC(F)(F)F)c12. The van der Waals surface area contributed by atoms with Crippen molar-refractivity contribution in [1.82, 2.24) is 9.88 Å². The summed E-state index contributed by atoms with van der Waals surface area (Å²) in [6.45, 7) is -0.153. The van der Waals surface area contributed by atoms with Gasteiger partial charge in [-0.15, -0.1) is 13.2 Å². The molecule has 0 unspecified atom stereocenters. The van der Waals surface area contributed by atoms with E-state index in [2.05, 4.69) is 10.1 Å². The molecular formula is C29H28F7N3O6. The molecule has 244 valence electrons. The Morgan fingerprint density at radius 3 is 2.31 bits per heavy atom.